The summed E-state index contributed by atoms with van der Waals surface area (Å²) in [5, 5.41) is 0. The normalized spacial score (nSPS) is 20.1. The Kier molecular flexibility index (Phi) is 4.00. The van der Waals surface area contributed by atoms with Crippen LogP contribution >= 0.6 is 22.6 Å². The molecule has 1 rings (SSSR count). The van der Waals surface area contributed by atoms with Gasteiger partial charge in [-0.15, -0.1) is 0 Å². The lowest BCUT2D eigenvalue weighted by Crippen LogP contribution is -1.85. The molecule has 0 spiro atoms. The Hall–Kier alpha value is -0.640. The van der Waals surface area contributed by atoms with E-state index in [1.54, 1.807) is 6.20 Å². The van der Waals surface area contributed by atoms with Crippen molar-refractivity contribution in [3.05, 3.63) is 48.7 Å². The van der Waals surface area contributed by atoms with Gasteiger partial charge in [0.25, 0.3) is 0 Å². The molecule has 0 atom stereocenters. The zero-order valence-electron chi connectivity index (χ0n) is 6.70. The first-order valence-corrected chi connectivity index (χ1v) is 4.79. The molecule has 0 saturated heterocycles. The van der Waals surface area contributed by atoms with Gasteiger partial charge in [-0.1, -0.05) is 30.9 Å². The molecule has 1 nitrogen and oxygen atoms in total. The number of hydrogen-bond donors (Lipinski definition) is 0. The zero-order valence-corrected chi connectivity index (χ0v) is 8.86. The second kappa shape index (κ2) is 5.09. The maximum atomic E-state index is 4.05. The average Bonchev–Trinajstić information content (AvgIpc) is 2.06. The van der Waals surface area contributed by atoms with Crippen molar-refractivity contribution in [2.75, 3.05) is 0 Å². The van der Waals surface area contributed by atoms with Gasteiger partial charge in [0.15, 0.2) is 0 Å². The highest BCUT2D eigenvalue weighted by Crippen LogP contribution is 2.11. The van der Waals surface area contributed by atoms with Gasteiger partial charge in [0.2, 0.25) is 0 Å². The highest BCUT2D eigenvalue weighted by molar-refractivity contribution is 14.1. The van der Waals surface area contributed by atoms with Crippen LogP contribution in [0.2, 0.25) is 0 Å². The van der Waals surface area contributed by atoms with Gasteiger partial charge in [-0.05, 0) is 40.7 Å². The van der Waals surface area contributed by atoms with Crippen LogP contribution in [-0.2, 0) is 0 Å². The summed E-state index contributed by atoms with van der Waals surface area (Å²) in [6, 6.07) is 0. The van der Waals surface area contributed by atoms with Gasteiger partial charge in [-0.2, -0.15) is 0 Å². The van der Waals surface area contributed by atoms with Crippen molar-refractivity contribution in [2.24, 2.45) is 4.99 Å². The van der Waals surface area contributed by atoms with Crippen molar-refractivity contribution >= 4 is 26.3 Å². The monoisotopic (exact) mass is 271 g/mol. The fraction of sp³-hybridized carbons (Fsp3) is 0.100. The third kappa shape index (κ3) is 3.17. The molecular formula is C10H10IN. The van der Waals surface area contributed by atoms with Crippen LogP contribution in [0, 0.1) is 0 Å². The van der Waals surface area contributed by atoms with E-state index in [1.165, 1.54) is 5.57 Å². The van der Waals surface area contributed by atoms with Crippen LogP contribution in [0.1, 0.15) is 6.42 Å². The Labute approximate surface area is 86.4 Å². The van der Waals surface area contributed by atoms with E-state index in [2.05, 4.69) is 58.5 Å². The van der Waals surface area contributed by atoms with Gasteiger partial charge >= 0.3 is 0 Å². The van der Waals surface area contributed by atoms with Crippen LogP contribution in [0.5, 0.6) is 0 Å². The summed E-state index contributed by atoms with van der Waals surface area (Å²) in [6.07, 6.45) is 12.9. The summed E-state index contributed by atoms with van der Waals surface area (Å²) >= 11 is 2.19. The minimum atomic E-state index is 0.970. The lowest BCUT2D eigenvalue weighted by atomic mass is 10.1. The van der Waals surface area contributed by atoms with Gasteiger partial charge < -0.3 is 0 Å². The topological polar surface area (TPSA) is 12.4 Å². The number of aliphatic imine (C=N–C) groups is 1. The average molecular weight is 271 g/mol. The van der Waals surface area contributed by atoms with E-state index >= 15 is 0 Å². The van der Waals surface area contributed by atoms with Gasteiger partial charge in [0.1, 0.15) is 3.72 Å². The smallest absolute Gasteiger partial charge is 0.101 e. The molecule has 0 saturated carbocycles. The maximum Gasteiger partial charge on any atom is 0.101 e. The molecule has 1 aliphatic carbocycles. The summed E-state index contributed by atoms with van der Waals surface area (Å²) in [5.74, 6) is 0. The molecule has 0 unspecified atom stereocenters. The lowest BCUT2D eigenvalue weighted by molar-refractivity contribution is 1.27. The number of rotatable bonds is 2. The molecule has 0 aromatic rings. The van der Waals surface area contributed by atoms with E-state index in [0.29, 0.717) is 0 Å². The van der Waals surface area contributed by atoms with Crippen molar-refractivity contribution in [1.82, 2.24) is 0 Å². The van der Waals surface area contributed by atoms with Crippen LogP contribution in [-0.4, -0.2) is 3.72 Å². The van der Waals surface area contributed by atoms with Crippen molar-refractivity contribution in [3.8, 4) is 0 Å². The van der Waals surface area contributed by atoms with E-state index < -0.39 is 0 Å². The quantitative estimate of drug-likeness (QED) is 0.539. The Bertz CT molecular complexity index is 282. The van der Waals surface area contributed by atoms with E-state index in [0.717, 1.165) is 10.1 Å². The predicted octanol–water partition coefficient (Wildman–Crippen LogP) is 3.41. The Morgan fingerprint density at radius 1 is 1.58 bits per heavy atom. The van der Waals surface area contributed by atoms with Crippen LogP contribution in [0.25, 0.3) is 0 Å². The first kappa shape index (κ1) is 9.45. The number of halogens is 1. The van der Waals surface area contributed by atoms with Crippen molar-refractivity contribution in [3.63, 3.8) is 0 Å². The molecule has 0 N–H and O–H groups in total. The Balaban J connectivity index is 2.69. The molecule has 0 aromatic heterocycles. The second-order valence-electron chi connectivity index (χ2n) is 2.35. The summed E-state index contributed by atoms with van der Waals surface area (Å²) in [5.41, 5.74) is 1.28. The molecule has 0 amide bonds. The van der Waals surface area contributed by atoms with Crippen molar-refractivity contribution in [1.29, 1.82) is 0 Å². The highest BCUT2D eigenvalue weighted by atomic mass is 127. The van der Waals surface area contributed by atoms with Crippen molar-refractivity contribution < 1.29 is 0 Å². The molecule has 0 aliphatic heterocycles. The fourth-order valence-electron chi connectivity index (χ4n) is 0.914. The molecule has 62 valence electrons. The molecule has 0 fully saturated rings. The third-order valence-corrected chi connectivity index (χ3v) is 2.02. The fourth-order valence-corrected chi connectivity index (χ4v) is 1.51. The maximum absolute atomic E-state index is 4.05. The van der Waals surface area contributed by atoms with Gasteiger partial charge in [0.05, 0.1) is 0 Å². The molecule has 0 heterocycles. The summed E-state index contributed by atoms with van der Waals surface area (Å²) in [4.78, 5) is 4.05. The molecule has 0 aromatic carbocycles. The molecule has 2 heteroatoms. The Morgan fingerprint density at radius 3 is 3.00 bits per heavy atom. The van der Waals surface area contributed by atoms with E-state index in [1.807, 2.05) is 6.08 Å². The zero-order chi connectivity index (χ0) is 8.81. The molecule has 1 aliphatic rings. The van der Waals surface area contributed by atoms with Gasteiger partial charge in [-0.3, -0.25) is 4.99 Å². The number of nitrogens with zero attached hydrogens (tertiary/aromatic N) is 1. The lowest BCUT2D eigenvalue weighted by Gasteiger charge is -1.99. The minimum Gasteiger partial charge on any atom is -0.251 e. The molecule has 12 heavy (non-hydrogen) atoms. The molecule has 0 bridgehead atoms. The van der Waals surface area contributed by atoms with Gasteiger partial charge in [-0.25, -0.2) is 0 Å². The van der Waals surface area contributed by atoms with Crippen molar-refractivity contribution in [2.45, 2.75) is 6.42 Å². The molecule has 0 radical (unpaired) electrons. The summed E-state index contributed by atoms with van der Waals surface area (Å²) in [6.45, 7) is 3.54. The standard InChI is InChI=1S/C10H10IN/c1-2-12-10(11)8-9-6-4-3-5-7-9/h2-6,8H,1,7H2/b9-8-,12-10?. The largest absolute Gasteiger partial charge is 0.251 e. The van der Waals surface area contributed by atoms with Crippen LogP contribution in [0.3, 0.4) is 0 Å². The number of hydrogen-bond acceptors (Lipinski definition) is 1. The minimum absolute atomic E-state index is 0.970. The van der Waals surface area contributed by atoms with Gasteiger partial charge in [0, 0.05) is 6.20 Å². The first-order valence-electron chi connectivity index (χ1n) is 3.71. The van der Waals surface area contributed by atoms with E-state index in [9.17, 15) is 0 Å². The summed E-state index contributed by atoms with van der Waals surface area (Å²) in [7, 11) is 0. The Morgan fingerprint density at radius 2 is 2.42 bits per heavy atom. The SMILES string of the molecule is C=CN=C(I)/C=C1/C=CC=CC1. The van der Waals surface area contributed by atoms with Crippen LogP contribution < -0.4 is 0 Å². The predicted molar refractivity (Wildman–Crippen MR) is 62.6 cm³/mol. The summed E-state index contributed by atoms with van der Waals surface area (Å²) < 4.78 is 0.970. The van der Waals surface area contributed by atoms with E-state index in [4.69, 9.17) is 0 Å². The van der Waals surface area contributed by atoms with E-state index in [-0.39, 0.29) is 0 Å². The second-order valence-corrected chi connectivity index (χ2v) is 3.45. The van der Waals surface area contributed by atoms with Crippen LogP contribution in [0.4, 0.5) is 0 Å². The highest BCUT2D eigenvalue weighted by Gasteiger charge is 1.94. The molecular weight excluding hydrogens is 261 g/mol. The first-order chi connectivity index (χ1) is 5.83. The number of allylic oxidation sites excluding steroid dienone is 6. The third-order valence-electron chi connectivity index (χ3n) is 1.43. The van der Waals surface area contributed by atoms with Crippen LogP contribution in [0.15, 0.2) is 53.7 Å².